The van der Waals surface area contributed by atoms with Crippen LogP contribution in [0, 0.1) is 13.8 Å². The van der Waals surface area contributed by atoms with Crippen LogP contribution in [-0.4, -0.2) is 32.9 Å². The lowest BCUT2D eigenvalue weighted by Gasteiger charge is -2.05. The van der Waals surface area contributed by atoms with E-state index < -0.39 is 0 Å². The maximum Gasteiger partial charge on any atom is 0.255 e. The van der Waals surface area contributed by atoms with Gasteiger partial charge in [0, 0.05) is 40.8 Å². The summed E-state index contributed by atoms with van der Waals surface area (Å²) in [6.45, 7) is 3.63. The molecule has 2 heterocycles. The van der Waals surface area contributed by atoms with Crippen molar-refractivity contribution in [1.29, 1.82) is 0 Å². The van der Waals surface area contributed by atoms with Crippen LogP contribution in [0.5, 0.6) is 0 Å². The van der Waals surface area contributed by atoms with Crippen molar-refractivity contribution in [1.82, 2.24) is 15.0 Å². The first kappa shape index (κ1) is 15.9. The van der Waals surface area contributed by atoms with Crippen molar-refractivity contribution in [2.45, 2.75) is 20.3 Å². The summed E-state index contributed by atoms with van der Waals surface area (Å²) in [7, 11) is 0. The van der Waals surface area contributed by atoms with Crippen LogP contribution in [0.3, 0.4) is 0 Å². The zero-order valence-electron chi connectivity index (χ0n) is 13.6. The Hall–Kier alpha value is -2.93. The first-order valence-electron chi connectivity index (χ1n) is 7.67. The summed E-state index contributed by atoms with van der Waals surface area (Å²) in [6.07, 6.45) is 1.98. The summed E-state index contributed by atoms with van der Waals surface area (Å²) >= 11 is 0. The Morgan fingerprint density at radius 2 is 2.08 bits per heavy atom. The van der Waals surface area contributed by atoms with E-state index in [2.05, 4.69) is 25.5 Å². The predicted octanol–water partition coefficient (Wildman–Crippen LogP) is 1.85. The molecule has 0 radical (unpaired) electrons. The van der Waals surface area contributed by atoms with Gasteiger partial charge in [-0.3, -0.25) is 9.78 Å². The molecule has 4 N–H and O–H groups in total. The van der Waals surface area contributed by atoms with Gasteiger partial charge in [-0.05, 0) is 19.9 Å². The molecule has 0 amide bonds. The minimum Gasteiger partial charge on any atom is -0.396 e. The van der Waals surface area contributed by atoms with Gasteiger partial charge in [-0.25, -0.2) is 10.4 Å². The SMILES string of the molecule is Cc1nc(N/N=C\c2c(C)[nH]c3ccccc23)[nH]c(=O)c1CCO. The molecule has 0 atom stereocenters. The average Bonchev–Trinajstić information content (AvgIpc) is 2.87. The normalized spacial score (nSPS) is 11.5. The predicted molar refractivity (Wildman–Crippen MR) is 94.6 cm³/mol. The zero-order valence-corrected chi connectivity index (χ0v) is 13.6. The van der Waals surface area contributed by atoms with E-state index in [9.17, 15) is 4.79 Å². The molecule has 1 aromatic carbocycles. The Morgan fingerprint density at radius 1 is 1.29 bits per heavy atom. The Bertz CT molecular complexity index is 955. The molecule has 0 bridgehead atoms. The summed E-state index contributed by atoms with van der Waals surface area (Å²) < 4.78 is 0. The summed E-state index contributed by atoms with van der Waals surface area (Å²) in [4.78, 5) is 22.1. The van der Waals surface area contributed by atoms with Gasteiger partial charge in [-0.2, -0.15) is 5.10 Å². The van der Waals surface area contributed by atoms with Gasteiger partial charge >= 0.3 is 0 Å². The fourth-order valence-electron chi connectivity index (χ4n) is 2.69. The van der Waals surface area contributed by atoms with Crippen molar-refractivity contribution in [3.05, 3.63) is 57.1 Å². The lowest BCUT2D eigenvalue weighted by molar-refractivity contribution is 0.298. The first-order chi connectivity index (χ1) is 11.6. The van der Waals surface area contributed by atoms with Crippen LogP contribution in [-0.2, 0) is 6.42 Å². The van der Waals surface area contributed by atoms with Gasteiger partial charge in [-0.15, -0.1) is 0 Å². The van der Waals surface area contributed by atoms with Crippen molar-refractivity contribution in [2.75, 3.05) is 12.0 Å². The Kier molecular flexibility index (Phi) is 4.43. The van der Waals surface area contributed by atoms with E-state index in [0.29, 0.717) is 11.3 Å². The molecule has 0 aliphatic rings. The molecule has 124 valence electrons. The topological polar surface area (TPSA) is 106 Å². The van der Waals surface area contributed by atoms with Crippen molar-refractivity contribution in [3.63, 3.8) is 0 Å². The van der Waals surface area contributed by atoms with Gasteiger partial charge in [0.05, 0.1) is 11.9 Å². The second-order valence-corrected chi connectivity index (χ2v) is 5.53. The number of benzene rings is 1. The number of para-hydroxylation sites is 1. The third kappa shape index (κ3) is 3.07. The van der Waals surface area contributed by atoms with E-state index in [-0.39, 0.29) is 24.5 Å². The number of hydrogen-bond acceptors (Lipinski definition) is 5. The van der Waals surface area contributed by atoms with Crippen LogP contribution < -0.4 is 11.0 Å². The standard InChI is InChI=1S/C17H19N5O2/c1-10-12(7-8-23)16(24)21-17(20-10)22-18-9-14-11(2)19-15-6-4-3-5-13(14)15/h3-6,9,19,23H,7-8H2,1-2H3,(H2,20,21,22,24)/b18-9-. The summed E-state index contributed by atoms with van der Waals surface area (Å²) in [6, 6.07) is 7.98. The van der Waals surface area contributed by atoms with Gasteiger partial charge < -0.3 is 10.1 Å². The van der Waals surface area contributed by atoms with Crippen molar-refractivity contribution < 1.29 is 5.11 Å². The Morgan fingerprint density at radius 3 is 2.83 bits per heavy atom. The van der Waals surface area contributed by atoms with Crippen LogP contribution in [0.25, 0.3) is 10.9 Å². The highest BCUT2D eigenvalue weighted by Gasteiger charge is 2.08. The van der Waals surface area contributed by atoms with Gasteiger partial charge in [0.2, 0.25) is 5.95 Å². The molecular formula is C17H19N5O2. The fraction of sp³-hybridized carbons (Fsp3) is 0.235. The summed E-state index contributed by atoms with van der Waals surface area (Å²) in [5.41, 5.74) is 6.59. The highest BCUT2D eigenvalue weighted by atomic mass is 16.3. The fourth-order valence-corrected chi connectivity index (χ4v) is 2.69. The third-order valence-electron chi connectivity index (χ3n) is 3.89. The van der Waals surface area contributed by atoms with Crippen molar-refractivity contribution in [3.8, 4) is 0 Å². The van der Waals surface area contributed by atoms with Crippen molar-refractivity contribution >= 4 is 23.1 Å². The largest absolute Gasteiger partial charge is 0.396 e. The first-order valence-corrected chi connectivity index (χ1v) is 7.67. The average molecular weight is 325 g/mol. The maximum absolute atomic E-state index is 12.0. The van der Waals surface area contributed by atoms with Crippen molar-refractivity contribution in [2.24, 2.45) is 5.10 Å². The number of aromatic amines is 2. The monoisotopic (exact) mass is 325 g/mol. The summed E-state index contributed by atoms with van der Waals surface area (Å²) in [5, 5.41) is 14.2. The number of aryl methyl sites for hydroxylation is 2. The molecule has 7 nitrogen and oxygen atoms in total. The number of aliphatic hydroxyl groups excluding tert-OH is 1. The minimum absolute atomic E-state index is 0.0869. The van der Waals surface area contributed by atoms with E-state index in [4.69, 9.17) is 5.11 Å². The van der Waals surface area contributed by atoms with Crippen LogP contribution in [0.2, 0.25) is 0 Å². The Balaban J connectivity index is 1.84. The van der Waals surface area contributed by atoms with Gasteiger partial charge in [-0.1, -0.05) is 18.2 Å². The highest BCUT2D eigenvalue weighted by molar-refractivity contribution is 6.00. The molecule has 0 aliphatic carbocycles. The second-order valence-electron chi connectivity index (χ2n) is 5.53. The molecule has 0 saturated heterocycles. The molecular weight excluding hydrogens is 306 g/mol. The molecule has 0 spiro atoms. The number of nitrogens with one attached hydrogen (secondary N) is 3. The lowest BCUT2D eigenvalue weighted by Crippen LogP contribution is -2.19. The quantitative estimate of drug-likeness (QED) is 0.424. The van der Waals surface area contributed by atoms with E-state index in [1.807, 2.05) is 31.2 Å². The van der Waals surface area contributed by atoms with Gasteiger partial charge in [0.15, 0.2) is 0 Å². The Labute approximate surface area is 138 Å². The number of aromatic nitrogens is 3. The number of H-pyrrole nitrogens is 2. The number of aliphatic hydroxyl groups is 1. The van der Waals surface area contributed by atoms with E-state index in [0.717, 1.165) is 22.2 Å². The van der Waals surface area contributed by atoms with Gasteiger partial charge in [0.1, 0.15) is 0 Å². The zero-order chi connectivity index (χ0) is 17.1. The maximum atomic E-state index is 12.0. The van der Waals surface area contributed by atoms with Crippen LogP contribution in [0.4, 0.5) is 5.95 Å². The molecule has 0 fully saturated rings. The second kappa shape index (κ2) is 6.67. The third-order valence-corrected chi connectivity index (χ3v) is 3.89. The number of rotatable bonds is 5. The minimum atomic E-state index is -0.266. The van der Waals surface area contributed by atoms with E-state index in [1.165, 1.54) is 0 Å². The molecule has 24 heavy (non-hydrogen) atoms. The lowest BCUT2D eigenvalue weighted by atomic mass is 10.1. The smallest absolute Gasteiger partial charge is 0.255 e. The highest BCUT2D eigenvalue weighted by Crippen LogP contribution is 2.19. The number of nitrogens with zero attached hydrogens (tertiary/aromatic N) is 2. The molecule has 2 aromatic heterocycles. The van der Waals surface area contributed by atoms with Crippen LogP contribution in [0.15, 0.2) is 34.2 Å². The van der Waals surface area contributed by atoms with Gasteiger partial charge in [0.25, 0.3) is 5.56 Å². The molecule has 0 aliphatic heterocycles. The van der Waals surface area contributed by atoms with Crippen LogP contribution >= 0.6 is 0 Å². The number of anilines is 1. The van der Waals surface area contributed by atoms with E-state index in [1.54, 1.807) is 13.1 Å². The molecule has 0 unspecified atom stereocenters. The number of fused-ring (bicyclic) bond motifs is 1. The number of hydrazone groups is 1. The molecule has 3 aromatic rings. The molecule has 3 rings (SSSR count). The van der Waals surface area contributed by atoms with E-state index >= 15 is 0 Å². The van der Waals surface area contributed by atoms with Crippen LogP contribution in [0.1, 0.15) is 22.5 Å². The molecule has 7 heteroatoms. The molecule has 0 saturated carbocycles. The summed E-state index contributed by atoms with van der Waals surface area (Å²) in [5.74, 6) is 0.271. The number of hydrogen-bond donors (Lipinski definition) is 4.